The first kappa shape index (κ1) is 28.1. The van der Waals surface area contributed by atoms with Crippen LogP contribution in [0.25, 0.3) is 0 Å². The third-order valence-electron chi connectivity index (χ3n) is 4.40. The first-order valence-electron chi connectivity index (χ1n) is 10.3. The Kier molecular flexibility index (Phi) is 12.9. The number of nitrogens with two attached hydrogens (primary N) is 2. The first-order chi connectivity index (χ1) is 14.3. The van der Waals surface area contributed by atoms with E-state index in [1.807, 2.05) is 13.8 Å². The molecule has 0 rings (SSSR count). The van der Waals surface area contributed by atoms with Gasteiger partial charge in [0.1, 0.15) is 12.1 Å². The largest absolute Gasteiger partial charge is 0.480 e. The molecule has 0 aromatic carbocycles. The summed E-state index contributed by atoms with van der Waals surface area (Å²) < 4.78 is 0. The highest BCUT2D eigenvalue weighted by Gasteiger charge is 2.26. The maximum atomic E-state index is 12.5. The van der Waals surface area contributed by atoms with Crippen molar-refractivity contribution in [2.24, 2.45) is 23.3 Å². The van der Waals surface area contributed by atoms with Crippen molar-refractivity contribution in [1.82, 2.24) is 21.3 Å². The molecule has 0 heterocycles. The zero-order chi connectivity index (χ0) is 24.1. The standard InChI is InChI=1S/C19H37N7O5/c1-10(2)8-13(26-17(29)15(20)11(3)4)16(28)24-9-14(27)25-12(18(30)31)6-5-7-23-19(21)22/h10-13,15H,5-9,20H2,1-4H3,(H,24,28)(H,25,27)(H,26,29)(H,30,31)(H4,21,22,23)/t12-,13-,15-/m0/s1. The minimum Gasteiger partial charge on any atom is -0.480 e. The Morgan fingerprint density at radius 3 is 2.06 bits per heavy atom. The van der Waals surface area contributed by atoms with Crippen molar-refractivity contribution in [3.63, 3.8) is 0 Å². The highest BCUT2D eigenvalue weighted by atomic mass is 16.4. The van der Waals surface area contributed by atoms with E-state index < -0.39 is 48.4 Å². The number of carbonyl (C=O) groups excluding carboxylic acids is 3. The van der Waals surface area contributed by atoms with Crippen LogP contribution in [0, 0.1) is 17.2 Å². The molecular weight excluding hydrogens is 406 g/mol. The number of carbonyl (C=O) groups is 4. The van der Waals surface area contributed by atoms with Crippen molar-refractivity contribution in [3.8, 4) is 0 Å². The highest BCUT2D eigenvalue weighted by molar-refractivity contribution is 5.92. The topological polar surface area (TPSA) is 213 Å². The number of hydrogen-bond acceptors (Lipinski definition) is 6. The number of carboxylic acids is 1. The summed E-state index contributed by atoms with van der Waals surface area (Å²) in [4.78, 5) is 48.1. The fourth-order valence-electron chi connectivity index (χ4n) is 2.60. The van der Waals surface area contributed by atoms with Crippen molar-refractivity contribution >= 4 is 29.7 Å². The van der Waals surface area contributed by atoms with Crippen LogP contribution in [0.3, 0.4) is 0 Å². The third-order valence-corrected chi connectivity index (χ3v) is 4.40. The molecule has 0 unspecified atom stereocenters. The second-order valence-electron chi connectivity index (χ2n) is 8.12. The van der Waals surface area contributed by atoms with Gasteiger partial charge in [-0.2, -0.15) is 0 Å². The molecule has 0 spiro atoms. The summed E-state index contributed by atoms with van der Waals surface area (Å²) in [6.45, 7) is 7.22. The molecule has 10 N–H and O–H groups in total. The van der Waals surface area contributed by atoms with Crippen LogP contribution in [0.5, 0.6) is 0 Å². The zero-order valence-electron chi connectivity index (χ0n) is 18.7. The van der Waals surface area contributed by atoms with Crippen molar-refractivity contribution in [3.05, 3.63) is 0 Å². The van der Waals surface area contributed by atoms with Crippen molar-refractivity contribution in [1.29, 1.82) is 5.41 Å². The van der Waals surface area contributed by atoms with Crippen LogP contribution in [0.4, 0.5) is 0 Å². The highest BCUT2D eigenvalue weighted by Crippen LogP contribution is 2.07. The van der Waals surface area contributed by atoms with Gasteiger partial charge in [0, 0.05) is 6.54 Å². The Balaban J connectivity index is 4.75. The van der Waals surface area contributed by atoms with E-state index in [1.165, 1.54) is 0 Å². The molecule has 31 heavy (non-hydrogen) atoms. The van der Waals surface area contributed by atoms with Crippen LogP contribution in [-0.4, -0.2) is 66.0 Å². The fourth-order valence-corrected chi connectivity index (χ4v) is 2.60. The van der Waals surface area contributed by atoms with Crippen LogP contribution in [0.15, 0.2) is 0 Å². The monoisotopic (exact) mass is 443 g/mol. The molecule has 0 aromatic heterocycles. The Morgan fingerprint density at radius 1 is 0.968 bits per heavy atom. The third kappa shape index (κ3) is 12.4. The summed E-state index contributed by atoms with van der Waals surface area (Å²) in [5.41, 5.74) is 11.0. The lowest BCUT2D eigenvalue weighted by Gasteiger charge is -2.23. The molecule has 0 bridgehead atoms. The molecule has 0 aliphatic rings. The van der Waals surface area contributed by atoms with E-state index in [1.54, 1.807) is 13.8 Å². The lowest BCUT2D eigenvalue weighted by atomic mass is 10.0. The second-order valence-corrected chi connectivity index (χ2v) is 8.12. The van der Waals surface area contributed by atoms with Gasteiger partial charge in [0.15, 0.2) is 5.96 Å². The van der Waals surface area contributed by atoms with Crippen molar-refractivity contribution < 1.29 is 24.3 Å². The molecule has 0 saturated heterocycles. The zero-order valence-corrected chi connectivity index (χ0v) is 18.7. The molecular formula is C19H37N7O5. The predicted molar refractivity (Wildman–Crippen MR) is 116 cm³/mol. The molecule has 178 valence electrons. The van der Waals surface area contributed by atoms with Gasteiger partial charge >= 0.3 is 5.97 Å². The Bertz CT molecular complexity index is 639. The van der Waals surface area contributed by atoms with E-state index in [0.717, 1.165) is 0 Å². The maximum absolute atomic E-state index is 12.5. The van der Waals surface area contributed by atoms with Crippen molar-refractivity contribution in [2.75, 3.05) is 13.1 Å². The smallest absolute Gasteiger partial charge is 0.326 e. The average molecular weight is 444 g/mol. The van der Waals surface area contributed by atoms with Gasteiger partial charge in [0.2, 0.25) is 17.7 Å². The maximum Gasteiger partial charge on any atom is 0.326 e. The summed E-state index contributed by atoms with van der Waals surface area (Å²) in [7, 11) is 0. The van der Waals surface area contributed by atoms with Crippen LogP contribution in [0.1, 0.15) is 47.0 Å². The van der Waals surface area contributed by atoms with Gasteiger partial charge in [-0.25, -0.2) is 4.79 Å². The van der Waals surface area contributed by atoms with E-state index in [2.05, 4.69) is 21.3 Å². The Hall–Kier alpha value is -2.89. The van der Waals surface area contributed by atoms with Crippen LogP contribution >= 0.6 is 0 Å². The number of carboxylic acid groups (broad SMARTS) is 1. The number of aliphatic carboxylic acids is 1. The number of amides is 3. The van der Waals surface area contributed by atoms with E-state index in [4.69, 9.17) is 16.9 Å². The molecule has 0 saturated carbocycles. The molecule has 3 atom stereocenters. The fraction of sp³-hybridized carbons (Fsp3) is 0.737. The Morgan fingerprint density at radius 2 is 1.58 bits per heavy atom. The van der Waals surface area contributed by atoms with Gasteiger partial charge in [0.25, 0.3) is 0 Å². The number of nitrogens with one attached hydrogen (secondary N) is 5. The van der Waals surface area contributed by atoms with Gasteiger partial charge in [0.05, 0.1) is 12.6 Å². The van der Waals surface area contributed by atoms with Gasteiger partial charge < -0.3 is 37.8 Å². The lowest BCUT2D eigenvalue weighted by Crippen LogP contribution is -2.54. The molecule has 0 radical (unpaired) electrons. The minimum atomic E-state index is -1.21. The SMILES string of the molecule is CC(C)C[C@H](NC(=O)[C@@H](N)C(C)C)C(=O)NCC(=O)N[C@@H](CCCNC(=N)N)C(=O)O. The summed E-state index contributed by atoms with van der Waals surface area (Å²) >= 11 is 0. The van der Waals surface area contributed by atoms with Gasteiger partial charge in [-0.3, -0.25) is 19.8 Å². The molecule has 0 fully saturated rings. The number of hydrogen-bond donors (Lipinski definition) is 8. The molecule has 0 aliphatic carbocycles. The number of guanidine groups is 1. The van der Waals surface area contributed by atoms with Crippen LogP contribution in [-0.2, 0) is 19.2 Å². The Labute approximate surface area is 182 Å². The van der Waals surface area contributed by atoms with Crippen LogP contribution in [0.2, 0.25) is 0 Å². The van der Waals surface area contributed by atoms with E-state index in [9.17, 15) is 24.3 Å². The van der Waals surface area contributed by atoms with Gasteiger partial charge in [-0.05, 0) is 31.1 Å². The quantitative estimate of drug-likeness (QED) is 0.0891. The minimum absolute atomic E-state index is 0.0974. The molecule has 12 nitrogen and oxygen atoms in total. The molecule has 12 heteroatoms. The van der Waals surface area contributed by atoms with E-state index in [-0.39, 0.29) is 24.2 Å². The summed E-state index contributed by atoms with van der Waals surface area (Å²) in [6.07, 6.45) is 0.834. The van der Waals surface area contributed by atoms with E-state index in [0.29, 0.717) is 19.4 Å². The number of rotatable bonds is 14. The van der Waals surface area contributed by atoms with Gasteiger partial charge in [-0.1, -0.05) is 27.7 Å². The summed E-state index contributed by atoms with van der Waals surface area (Å²) in [5.74, 6) is -3.12. The van der Waals surface area contributed by atoms with Gasteiger partial charge in [-0.15, -0.1) is 0 Å². The van der Waals surface area contributed by atoms with E-state index >= 15 is 0 Å². The molecule has 3 amide bonds. The lowest BCUT2D eigenvalue weighted by molar-refractivity contribution is -0.142. The molecule has 0 aliphatic heterocycles. The summed E-state index contributed by atoms with van der Waals surface area (Å²) in [5, 5.41) is 26.2. The van der Waals surface area contributed by atoms with Crippen LogP contribution < -0.4 is 32.7 Å². The predicted octanol–water partition coefficient (Wildman–Crippen LogP) is -1.55. The molecule has 0 aromatic rings. The second kappa shape index (κ2) is 14.2. The van der Waals surface area contributed by atoms with Crippen molar-refractivity contribution in [2.45, 2.75) is 65.1 Å². The normalized spacial score (nSPS) is 13.8. The average Bonchev–Trinajstić information content (AvgIpc) is 2.66. The summed E-state index contributed by atoms with van der Waals surface area (Å²) in [6, 6.07) is -2.77. The first-order valence-corrected chi connectivity index (χ1v) is 10.3.